The summed E-state index contributed by atoms with van der Waals surface area (Å²) in [6.45, 7) is 5.00. The van der Waals surface area contributed by atoms with Crippen molar-refractivity contribution >= 4 is 5.91 Å². The number of ether oxygens (including phenoxy) is 1. The molecule has 1 aromatic carbocycles. The zero-order chi connectivity index (χ0) is 20.2. The Hall–Kier alpha value is -2.54. The van der Waals surface area contributed by atoms with E-state index in [1.807, 2.05) is 11.1 Å². The molecule has 0 unspecified atom stereocenters. The number of carbonyl (C=O) groups excluding carboxylic acids is 1. The van der Waals surface area contributed by atoms with Crippen molar-refractivity contribution < 1.29 is 13.9 Å². The molecule has 1 amide bonds. The predicted molar refractivity (Wildman–Crippen MR) is 107 cm³/mol. The van der Waals surface area contributed by atoms with E-state index < -0.39 is 0 Å². The number of fused-ring (bicyclic) bond motifs is 1. The van der Waals surface area contributed by atoms with Crippen molar-refractivity contribution in [3.05, 3.63) is 53.4 Å². The van der Waals surface area contributed by atoms with Crippen LogP contribution < -0.4 is 4.74 Å². The van der Waals surface area contributed by atoms with Gasteiger partial charge in [-0.05, 0) is 31.5 Å². The second-order valence-electron chi connectivity index (χ2n) is 7.72. The minimum atomic E-state index is -0.333. The first kappa shape index (κ1) is 19.8. The Bertz CT molecular complexity index is 876. The number of halogens is 1. The van der Waals surface area contributed by atoms with Crippen LogP contribution >= 0.6 is 0 Å². The number of nitrogens with zero attached hydrogens (tertiary/aromatic N) is 4. The summed E-state index contributed by atoms with van der Waals surface area (Å²) in [5.41, 5.74) is 2.10. The van der Waals surface area contributed by atoms with E-state index in [0.29, 0.717) is 32.0 Å². The molecule has 29 heavy (non-hydrogen) atoms. The highest BCUT2D eigenvalue weighted by Gasteiger charge is 2.28. The average molecular weight is 398 g/mol. The number of likely N-dealkylation sites (tertiary alicyclic amines) is 1. The van der Waals surface area contributed by atoms with Crippen LogP contribution in [0.2, 0.25) is 0 Å². The van der Waals surface area contributed by atoms with E-state index in [1.54, 1.807) is 25.1 Å². The summed E-state index contributed by atoms with van der Waals surface area (Å²) in [5.74, 6) is 0.903. The summed E-state index contributed by atoms with van der Waals surface area (Å²) in [6, 6.07) is 6.65. The molecule has 7 heteroatoms. The molecule has 1 atom stereocenters. The lowest BCUT2D eigenvalue weighted by Gasteiger charge is -2.35. The van der Waals surface area contributed by atoms with Crippen molar-refractivity contribution in [2.24, 2.45) is 0 Å². The average Bonchev–Trinajstić information content (AvgIpc) is 2.74. The Balaban J connectivity index is 1.42. The van der Waals surface area contributed by atoms with Gasteiger partial charge in [-0.25, -0.2) is 14.4 Å². The molecule has 0 saturated carbocycles. The van der Waals surface area contributed by atoms with Gasteiger partial charge in [-0.15, -0.1) is 0 Å². The van der Waals surface area contributed by atoms with Crippen LogP contribution in [0.25, 0.3) is 0 Å². The van der Waals surface area contributed by atoms with E-state index >= 15 is 0 Å². The van der Waals surface area contributed by atoms with Crippen molar-refractivity contribution in [3.8, 4) is 5.75 Å². The summed E-state index contributed by atoms with van der Waals surface area (Å²) in [6.07, 6.45) is 5.95. The van der Waals surface area contributed by atoms with Gasteiger partial charge in [0, 0.05) is 44.7 Å². The van der Waals surface area contributed by atoms with Crippen LogP contribution in [0, 0.1) is 5.82 Å². The standard InChI is InChI=1S/C22H27FN4O2/c1-16(28)27-11-9-19-17(15-27)14-24-22(25-19)20-7-4-5-10-26(20)12-13-29-21-8-3-2-6-18(21)23/h2-3,6,8,14,20H,4-5,7,9-13,15H2,1H3/t20-/m1/s1. The highest BCUT2D eigenvalue weighted by atomic mass is 19.1. The van der Waals surface area contributed by atoms with Gasteiger partial charge in [-0.3, -0.25) is 9.69 Å². The Morgan fingerprint density at radius 1 is 1.28 bits per heavy atom. The van der Waals surface area contributed by atoms with Gasteiger partial charge in [0.05, 0.1) is 11.7 Å². The van der Waals surface area contributed by atoms with Crippen LogP contribution in [0.1, 0.15) is 49.3 Å². The van der Waals surface area contributed by atoms with E-state index in [2.05, 4.69) is 9.88 Å². The monoisotopic (exact) mass is 398 g/mol. The van der Waals surface area contributed by atoms with Gasteiger partial charge in [0.2, 0.25) is 5.91 Å². The molecule has 0 N–H and O–H groups in total. The van der Waals surface area contributed by atoms with Crippen LogP contribution in [-0.4, -0.2) is 51.9 Å². The minimum Gasteiger partial charge on any atom is -0.489 e. The maximum atomic E-state index is 13.8. The zero-order valence-electron chi connectivity index (χ0n) is 16.8. The maximum Gasteiger partial charge on any atom is 0.219 e. The molecule has 0 spiro atoms. The number of hydrogen-bond donors (Lipinski definition) is 0. The summed E-state index contributed by atoms with van der Waals surface area (Å²) in [4.78, 5) is 25.3. The molecule has 4 rings (SSSR count). The molecule has 0 radical (unpaired) electrons. The number of rotatable bonds is 5. The molecule has 0 bridgehead atoms. The third kappa shape index (κ3) is 4.56. The zero-order valence-corrected chi connectivity index (χ0v) is 16.8. The minimum absolute atomic E-state index is 0.0908. The second-order valence-corrected chi connectivity index (χ2v) is 7.72. The number of para-hydroxylation sites is 1. The molecule has 154 valence electrons. The molecule has 2 aliphatic heterocycles. The Labute approximate surface area is 170 Å². The SMILES string of the molecule is CC(=O)N1CCc2nc([C@H]3CCCCN3CCOc3ccccc3F)ncc2C1. The second kappa shape index (κ2) is 8.86. The number of aromatic nitrogens is 2. The van der Waals surface area contributed by atoms with Gasteiger partial charge in [0.25, 0.3) is 0 Å². The van der Waals surface area contributed by atoms with Crippen molar-refractivity contribution in [1.29, 1.82) is 0 Å². The van der Waals surface area contributed by atoms with Crippen molar-refractivity contribution in [2.45, 2.75) is 45.2 Å². The Morgan fingerprint density at radius 3 is 2.97 bits per heavy atom. The number of benzene rings is 1. The molecular formula is C22H27FN4O2. The summed E-state index contributed by atoms with van der Waals surface area (Å²) >= 11 is 0. The van der Waals surface area contributed by atoms with Gasteiger partial charge in [0.15, 0.2) is 11.6 Å². The van der Waals surface area contributed by atoms with E-state index in [-0.39, 0.29) is 17.8 Å². The quantitative estimate of drug-likeness (QED) is 0.775. The first-order valence-electron chi connectivity index (χ1n) is 10.3. The lowest BCUT2D eigenvalue weighted by Crippen LogP contribution is -2.38. The van der Waals surface area contributed by atoms with Gasteiger partial charge in [0.1, 0.15) is 12.4 Å². The van der Waals surface area contributed by atoms with E-state index in [0.717, 1.165) is 49.3 Å². The van der Waals surface area contributed by atoms with E-state index in [9.17, 15) is 9.18 Å². The lowest BCUT2D eigenvalue weighted by atomic mass is 10.0. The van der Waals surface area contributed by atoms with Gasteiger partial charge in [-0.2, -0.15) is 0 Å². The first-order valence-corrected chi connectivity index (χ1v) is 10.3. The maximum absolute atomic E-state index is 13.8. The number of amides is 1. The molecule has 1 aromatic heterocycles. The van der Waals surface area contributed by atoms with E-state index in [1.165, 1.54) is 6.07 Å². The molecule has 6 nitrogen and oxygen atoms in total. The van der Waals surface area contributed by atoms with Gasteiger partial charge in [-0.1, -0.05) is 18.6 Å². The molecule has 2 aliphatic rings. The largest absolute Gasteiger partial charge is 0.489 e. The molecule has 2 aromatic rings. The fourth-order valence-corrected chi connectivity index (χ4v) is 4.15. The molecule has 3 heterocycles. The smallest absolute Gasteiger partial charge is 0.219 e. The normalized spacial score (nSPS) is 19.7. The molecular weight excluding hydrogens is 371 g/mol. The van der Waals surface area contributed by atoms with Crippen molar-refractivity contribution in [1.82, 2.24) is 19.8 Å². The van der Waals surface area contributed by atoms with Crippen LogP contribution in [0.4, 0.5) is 4.39 Å². The third-order valence-electron chi connectivity index (χ3n) is 5.78. The Kier molecular flexibility index (Phi) is 6.04. The van der Waals surface area contributed by atoms with Crippen LogP contribution in [0.3, 0.4) is 0 Å². The van der Waals surface area contributed by atoms with Crippen LogP contribution in [-0.2, 0) is 17.8 Å². The molecule has 0 aliphatic carbocycles. The highest BCUT2D eigenvalue weighted by molar-refractivity contribution is 5.73. The van der Waals surface area contributed by atoms with Crippen molar-refractivity contribution in [2.75, 3.05) is 26.2 Å². The Morgan fingerprint density at radius 2 is 2.14 bits per heavy atom. The highest BCUT2D eigenvalue weighted by Crippen LogP contribution is 2.30. The van der Waals surface area contributed by atoms with Gasteiger partial charge < -0.3 is 9.64 Å². The van der Waals surface area contributed by atoms with Gasteiger partial charge >= 0.3 is 0 Å². The van der Waals surface area contributed by atoms with Crippen LogP contribution in [0.5, 0.6) is 5.75 Å². The summed E-state index contributed by atoms with van der Waals surface area (Å²) in [7, 11) is 0. The number of piperidine rings is 1. The topological polar surface area (TPSA) is 58.6 Å². The molecule has 1 fully saturated rings. The van der Waals surface area contributed by atoms with Crippen LogP contribution in [0.15, 0.2) is 30.5 Å². The fraction of sp³-hybridized carbons (Fsp3) is 0.500. The summed E-state index contributed by atoms with van der Waals surface area (Å²) < 4.78 is 19.4. The summed E-state index contributed by atoms with van der Waals surface area (Å²) in [5, 5.41) is 0. The fourth-order valence-electron chi connectivity index (χ4n) is 4.15. The number of carbonyl (C=O) groups is 1. The lowest BCUT2D eigenvalue weighted by molar-refractivity contribution is -0.129. The molecule has 1 saturated heterocycles. The third-order valence-corrected chi connectivity index (χ3v) is 5.78. The predicted octanol–water partition coefficient (Wildman–Crippen LogP) is 3.13. The van der Waals surface area contributed by atoms with E-state index in [4.69, 9.17) is 9.72 Å². The first-order chi connectivity index (χ1) is 14.1. The van der Waals surface area contributed by atoms with Crippen molar-refractivity contribution in [3.63, 3.8) is 0 Å². The number of hydrogen-bond acceptors (Lipinski definition) is 5.